The fourth-order valence-electron chi connectivity index (χ4n) is 2.76. The lowest BCUT2D eigenvalue weighted by atomic mass is 9.86. The predicted molar refractivity (Wildman–Crippen MR) is 89.2 cm³/mol. The number of alkyl halides is 2. The Balaban J connectivity index is 2.00. The number of hydrogen-bond donors (Lipinski definition) is 1. The van der Waals surface area contributed by atoms with Crippen LogP contribution in [0.25, 0.3) is 6.08 Å². The van der Waals surface area contributed by atoms with Crippen LogP contribution in [0, 0.1) is 17.2 Å². The van der Waals surface area contributed by atoms with Gasteiger partial charge in [0, 0.05) is 12.1 Å². The lowest BCUT2D eigenvalue weighted by Gasteiger charge is -2.29. The van der Waals surface area contributed by atoms with Gasteiger partial charge in [-0.1, -0.05) is 31.5 Å². The highest BCUT2D eigenvalue weighted by molar-refractivity contribution is 7.98. The minimum atomic E-state index is -2.47. The lowest BCUT2D eigenvalue weighted by Crippen LogP contribution is -2.41. The molecule has 1 aromatic rings. The van der Waals surface area contributed by atoms with E-state index in [0.717, 1.165) is 19.3 Å². The highest BCUT2D eigenvalue weighted by Crippen LogP contribution is 2.24. The molecule has 1 fully saturated rings. The summed E-state index contributed by atoms with van der Waals surface area (Å²) in [5, 5.41) is 12.1. The Labute approximate surface area is 144 Å². The molecule has 1 amide bonds. The summed E-state index contributed by atoms with van der Waals surface area (Å²) < 4.78 is 29.7. The fraction of sp³-hybridized carbons (Fsp3) is 0.529. The molecule has 0 bridgehead atoms. The summed E-state index contributed by atoms with van der Waals surface area (Å²) in [5.41, 5.74) is -0.0461. The van der Waals surface area contributed by atoms with E-state index in [-0.39, 0.29) is 17.4 Å². The Hall–Kier alpha value is -1.81. The van der Waals surface area contributed by atoms with E-state index in [1.807, 2.05) is 6.07 Å². The number of nitriles is 1. The van der Waals surface area contributed by atoms with Crippen LogP contribution in [0.5, 0.6) is 0 Å². The van der Waals surface area contributed by atoms with Crippen molar-refractivity contribution in [3.63, 3.8) is 0 Å². The topological polar surface area (TPSA) is 66.0 Å². The maximum Gasteiger partial charge on any atom is 0.284 e. The van der Waals surface area contributed by atoms with E-state index >= 15 is 0 Å². The first kappa shape index (κ1) is 18.5. The zero-order chi connectivity index (χ0) is 17.5. The van der Waals surface area contributed by atoms with Crippen molar-refractivity contribution in [1.29, 1.82) is 5.26 Å². The molecule has 2 rings (SSSR count). The van der Waals surface area contributed by atoms with Crippen molar-refractivity contribution >= 4 is 23.7 Å². The van der Waals surface area contributed by atoms with Crippen LogP contribution >= 0.6 is 11.8 Å². The molecule has 24 heavy (non-hydrogen) atoms. The Morgan fingerprint density at radius 2 is 2.25 bits per heavy atom. The van der Waals surface area contributed by atoms with Crippen LogP contribution in [-0.4, -0.2) is 17.7 Å². The summed E-state index contributed by atoms with van der Waals surface area (Å²) in [6.07, 6.45) is 5.57. The molecular formula is C17H20F2N2O2S. The molecule has 1 heterocycles. The van der Waals surface area contributed by atoms with Gasteiger partial charge in [0.1, 0.15) is 23.2 Å². The number of carbonyl (C=O) groups excluding carboxylic acids is 1. The number of thioether (sulfide) groups is 1. The van der Waals surface area contributed by atoms with Gasteiger partial charge in [-0.05, 0) is 30.9 Å². The van der Waals surface area contributed by atoms with Gasteiger partial charge >= 0.3 is 0 Å². The average Bonchev–Trinajstić information content (AvgIpc) is 3.00. The molecule has 1 saturated carbocycles. The molecule has 1 N–H and O–H groups in total. The lowest BCUT2D eigenvalue weighted by molar-refractivity contribution is -0.118. The van der Waals surface area contributed by atoms with Crippen LogP contribution in [0.3, 0.4) is 0 Å². The van der Waals surface area contributed by atoms with Crippen molar-refractivity contribution in [2.45, 2.75) is 50.2 Å². The van der Waals surface area contributed by atoms with Crippen molar-refractivity contribution in [1.82, 2.24) is 5.32 Å². The standard InChI is InChI=1S/C17H20F2N2O2S/c1-11-4-2-3-5-15(11)21-16(22)12(9-20)8-13-6-7-14(23-13)10-24-17(18)19/h6-8,11,15,17H,2-5,10H2,1H3,(H,21,22)/b12-8+/t11-,15-/m0/s1. The minimum absolute atomic E-state index is 0.0409. The Kier molecular flexibility index (Phi) is 6.85. The number of halogens is 2. The maximum absolute atomic E-state index is 12.3. The van der Waals surface area contributed by atoms with Crippen LogP contribution in [0.4, 0.5) is 8.78 Å². The van der Waals surface area contributed by atoms with E-state index in [1.54, 1.807) is 12.1 Å². The number of furan rings is 1. The third-order valence-electron chi connectivity index (χ3n) is 4.11. The van der Waals surface area contributed by atoms with Crippen LogP contribution in [0.2, 0.25) is 0 Å². The molecule has 1 aromatic heterocycles. The quantitative estimate of drug-likeness (QED) is 0.610. The number of nitrogens with one attached hydrogen (secondary N) is 1. The molecule has 7 heteroatoms. The number of hydrogen-bond acceptors (Lipinski definition) is 4. The first-order chi connectivity index (χ1) is 11.5. The monoisotopic (exact) mass is 354 g/mol. The molecule has 0 aliphatic heterocycles. The maximum atomic E-state index is 12.3. The molecule has 1 aliphatic rings. The normalized spacial score (nSPS) is 21.5. The second-order valence-electron chi connectivity index (χ2n) is 5.89. The first-order valence-electron chi connectivity index (χ1n) is 7.90. The molecule has 0 spiro atoms. The van der Waals surface area contributed by atoms with Gasteiger partial charge in [-0.2, -0.15) is 14.0 Å². The van der Waals surface area contributed by atoms with Crippen LogP contribution in [0.15, 0.2) is 22.1 Å². The van der Waals surface area contributed by atoms with Gasteiger partial charge in [0.25, 0.3) is 11.7 Å². The smallest absolute Gasteiger partial charge is 0.284 e. The summed E-state index contributed by atoms with van der Waals surface area (Å²) >= 11 is 0.460. The molecule has 4 nitrogen and oxygen atoms in total. The Morgan fingerprint density at radius 3 is 2.92 bits per heavy atom. The summed E-state index contributed by atoms with van der Waals surface area (Å²) in [7, 11) is 0. The second-order valence-corrected chi connectivity index (χ2v) is 6.87. The highest BCUT2D eigenvalue weighted by atomic mass is 32.2. The summed E-state index contributed by atoms with van der Waals surface area (Å²) in [6.45, 7) is 2.10. The SMILES string of the molecule is C[C@H]1CCCC[C@@H]1NC(=O)/C(C#N)=C/c1ccc(CSC(F)F)o1. The van der Waals surface area contributed by atoms with E-state index in [2.05, 4.69) is 12.2 Å². The molecular weight excluding hydrogens is 334 g/mol. The van der Waals surface area contributed by atoms with E-state index < -0.39 is 11.7 Å². The number of carbonyl (C=O) groups is 1. The number of rotatable bonds is 6. The van der Waals surface area contributed by atoms with Crippen LogP contribution < -0.4 is 5.32 Å². The minimum Gasteiger partial charge on any atom is -0.461 e. The van der Waals surface area contributed by atoms with Crippen molar-refractivity contribution in [3.8, 4) is 6.07 Å². The number of nitrogens with zero attached hydrogens (tertiary/aromatic N) is 1. The molecule has 130 valence electrons. The molecule has 0 saturated heterocycles. The highest BCUT2D eigenvalue weighted by Gasteiger charge is 2.24. The fourth-order valence-corrected chi connectivity index (χ4v) is 3.21. The van der Waals surface area contributed by atoms with Gasteiger partial charge in [-0.15, -0.1) is 0 Å². The Morgan fingerprint density at radius 1 is 1.50 bits per heavy atom. The summed E-state index contributed by atoms with van der Waals surface area (Å²) in [5.74, 6) is -1.76. The average molecular weight is 354 g/mol. The molecule has 0 unspecified atom stereocenters. The van der Waals surface area contributed by atoms with Gasteiger partial charge < -0.3 is 9.73 Å². The predicted octanol–water partition coefficient (Wildman–Crippen LogP) is 4.34. The molecule has 1 aliphatic carbocycles. The van der Waals surface area contributed by atoms with E-state index in [4.69, 9.17) is 4.42 Å². The van der Waals surface area contributed by atoms with Crippen molar-refractivity contribution < 1.29 is 18.0 Å². The Bertz CT molecular complexity index is 637. The molecule has 2 atom stereocenters. The molecule has 0 radical (unpaired) electrons. The van der Waals surface area contributed by atoms with Crippen LogP contribution in [-0.2, 0) is 10.5 Å². The van der Waals surface area contributed by atoms with Crippen molar-refractivity contribution in [2.75, 3.05) is 0 Å². The molecule has 0 aromatic carbocycles. The van der Waals surface area contributed by atoms with Gasteiger partial charge in [0.05, 0.1) is 5.75 Å². The summed E-state index contributed by atoms with van der Waals surface area (Å²) in [6, 6.07) is 5.09. The van der Waals surface area contributed by atoms with Gasteiger partial charge in [-0.3, -0.25) is 4.79 Å². The van der Waals surface area contributed by atoms with E-state index in [1.165, 1.54) is 12.5 Å². The van der Waals surface area contributed by atoms with Gasteiger partial charge in [0.2, 0.25) is 0 Å². The first-order valence-corrected chi connectivity index (χ1v) is 8.95. The van der Waals surface area contributed by atoms with Crippen LogP contribution in [0.1, 0.15) is 44.1 Å². The third-order valence-corrected chi connectivity index (χ3v) is 4.82. The second kappa shape index (κ2) is 8.88. The van der Waals surface area contributed by atoms with E-state index in [0.29, 0.717) is 29.2 Å². The van der Waals surface area contributed by atoms with Gasteiger partial charge in [-0.25, -0.2) is 0 Å². The van der Waals surface area contributed by atoms with Gasteiger partial charge in [0.15, 0.2) is 0 Å². The van der Waals surface area contributed by atoms with Crippen molar-refractivity contribution in [2.24, 2.45) is 5.92 Å². The largest absolute Gasteiger partial charge is 0.461 e. The zero-order valence-corrected chi connectivity index (χ0v) is 14.2. The number of amides is 1. The van der Waals surface area contributed by atoms with E-state index in [9.17, 15) is 18.8 Å². The summed E-state index contributed by atoms with van der Waals surface area (Å²) in [4.78, 5) is 12.3. The van der Waals surface area contributed by atoms with Crippen molar-refractivity contribution in [3.05, 3.63) is 29.2 Å². The zero-order valence-electron chi connectivity index (χ0n) is 13.4. The third kappa shape index (κ3) is 5.38.